The Morgan fingerprint density at radius 2 is 1.66 bits per heavy atom. The first kappa shape index (κ1) is 51.0. The van der Waals surface area contributed by atoms with Crippen molar-refractivity contribution in [1.82, 2.24) is 30.4 Å². The van der Waals surface area contributed by atoms with Crippen molar-refractivity contribution in [1.29, 1.82) is 0 Å². The van der Waals surface area contributed by atoms with E-state index in [1.807, 2.05) is 0 Å². The van der Waals surface area contributed by atoms with E-state index in [1.165, 1.54) is 4.57 Å². The minimum atomic E-state index is -2.01. The summed E-state index contributed by atoms with van der Waals surface area (Å²) < 4.78 is 23.5. The molecule has 6 heterocycles. The Morgan fingerprint density at radius 3 is 2.37 bits per heavy atom. The molecule has 4 aliphatic rings. The van der Waals surface area contributed by atoms with Gasteiger partial charge in [-0.3, -0.25) is 43.3 Å². The number of pyridine rings is 2. The summed E-state index contributed by atoms with van der Waals surface area (Å²) >= 11 is 0. The minimum absolute atomic E-state index is 0.00509. The number of carbonyl (C=O) groups excluding carboxylic acids is 8. The quantitative estimate of drug-likeness (QED) is 0.0353. The molecule has 0 bridgehead atoms. The van der Waals surface area contributed by atoms with Crippen molar-refractivity contribution >= 4 is 58.0 Å². The highest BCUT2D eigenvalue weighted by Gasteiger charge is 2.45. The fraction of sp³-hybridized carbons (Fsp3) is 0.510. The van der Waals surface area contributed by atoms with E-state index in [4.69, 9.17) is 29.7 Å². The second-order valence-corrected chi connectivity index (χ2v) is 18.1. The SMILES string of the molecule is CC[C@@]1(O)C(=O)OCc2c1cc1n(c2=O)Cc2c-1nc1cc3c(cc1c2CCC(=O)CNC(=O)[C@H](CCCCN)CC(=O)[C@@H](NC(=O)CCOCCNC(=O)CCN1C(=O)C=CC1=O)C(C)C)OCO3. The van der Waals surface area contributed by atoms with Gasteiger partial charge in [-0.15, -0.1) is 0 Å². The fourth-order valence-corrected chi connectivity index (χ4v) is 9.10. The number of nitrogens with two attached hydrogens (primary N) is 1. The average molecular weight is 970 g/mol. The van der Waals surface area contributed by atoms with Gasteiger partial charge in [-0.1, -0.05) is 27.2 Å². The van der Waals surface area contributed by atoms with Gasteiger partial charge in [0, 0.05) is 79.4 Å². The highest BCUT2D eigenvalue weighted by atomic mass is 16.7. The molecule has 6 N–H and O–H groups in total. The number of aromatic nitrogens is 2. The third-order valence-corrected chi connectivity index (χ3v) is 13.1. The van der Waals surface area contributed by atoms with Crippen LogP contribution in [0.2, 0.25) is 0 Å². The number of aliphatic hydroxyl groups is 1. The van der Waals surface area contributed by atoms with E-state index in [0.717, 1.165) is 22.6 Å². The molecule has 0 saturated heterocycles. The number of amides is 5. The predicted octanol–water partition coefficient (Wildman–Crippen LogP) is 1.11. The molecular formula is C49H59N7O14. The van der Waals surface area contributed by atoms with Gasteiger partial charge in [-0.05, 0) is 55.8 Å². The average Bonchev–Trinajstić information content (AvgIpc) is 4.05. The van der Waals surface area contributed by atoms with Gasteiger partial charge in [0.1, 0.15) is 6.61 Å². The summed E-state index contributed by atoms with van der Waals surface area (Å²) in [5, 5.41) is 20.2. The molecule has 21 heteroatoms. The van der Waals surface area contributed by atoms with Crippen molar-refractivity contribution < 1.29 is 62.4 Å². The first-order valence-corrected chi connectivity index (χ1v) is 23.7. The van der Waals surface area contributed by atoms with Gasteiger partial charge in [0.15, 0.2) is 28.7 Å². The zero-order valence-corrected chi connectivity index (χ0v) is 39.5. The number of carbonyl (C=O) groups is 8. The van der Waals surface area contributed by atoms with E-state index in [0.29, 0.717) is 65.2 Å². The summed E-state index contributed by atoms with van der Waals surface area (Å²) in [6.07, 6.45) is 3.61. The summed E-state index contributed by atoms with van der Waals surface area (Å²) in [6, 6.07) is 4.22. The summed E-state index contributed by atoms with van der Waals surface area (Å²) in [5.41, 5.74) is 6.43. The van der Waals surface area contributed by atoms with Crippen LogP contribution in [0.4, 0.5) is 0 Å². The van der Waals surface area contributed by atoms with Gasteiger partial charge in [0.05, 0.1) is 54.8 Å². The van der Waals surface area contributed by atoms with Crippen molar-refractivity contribution in [2.24, 2.45) is 17.6 Å². The molecule has 2 aromatic heterocycles. The third-order valence-electron chi connectivity index (χ3n) is 13.1. The summed E-state index contributed by atoms with van der Waals surface area (Å²) in [5.74, 6) is -3.88. The number of ether oxygens (including phenoxy) is 4. The van der Waals surface area contributed by atoms with Crippen LogP contribution in [-0.2, 0) is 73.0 Å². The number of rotatable bonds is 25. The first-order chi connectivity index (χ1) is 33.5. The maximum absolute atomic E-state index is 13.9. The zero-order valence-electron chi connectivity index (χ0n) is 39.5. The number of aryl methyl sites for hydroxylation is 1. The smallest absolute Gasteiger partial charge is 0.343 e. The lowest BCUT2D eigenvalue weighted by molar-refractivity contribution is -0.172. The van der Waals surface area contributed by atoms with Crippen LogP contribution in [0.15, 0.2) is 35.1 Å². The predicted molar refractivity (Wildman–Crippen MR) is 249 cm³/mol. The van der Waals surface area contributed by atoms with Crippen LogP contribution >= 0.6 is 0 Å². The standard InChI is InChI=1S/C49H59N7O14/c1-4-49(66)34-21-36-45-32(24-56(36)47(64)33(34)25-68-48(49)65)30(31-20-38-39(70-26-69-38)22-35(31)53-45)9-8-29(57)23-52-46(63)28(7-5-6-14-50)19-37(58)44(27(2)3)54-41(60)13-17-67-18-15-51-40(59)12-16-55-42(61)10-11-43(55)62/h10-11,20-22,27-28,44,66H,4-9,12-19,23-26,50H2,1-3H3,(H,51,59)(H,52,63)(H,54,60)/t28-,44+,49+/m1/s1. The second-order valence-electron chi connectivity index (χ2n) is 18.1. The van der Waals surface area contributed by atoms with E-state index in [1.54, 1.807) is 39.0 Å². The maximum atomic E-state index is 13.9. The number of imide groups is 1. The Kier molecular flexibility index (Phi) is 16.2. The molecule has 21 nitrogen and oxygen atoms in total. The summed E-state index contributed by atoms with van der Waals surface area (Å²) in [6.45, 7) is 5.27. The molecule has 0 aliphatic carbocycles. The van der Waals surface area contributed by atoms with E-state index in [2.05, 4.69) is 16.0 Å². The van der Waals surface area contributed by atoms with Crippen LogP contribution in [0, 0.1) is 11.8 Å². The highest BCUT2D eigenvalue weighted by molar-refractivity contribution is 6.13. The largest absolute Gasteiger partial charge is 0.458 e. The molecule has 0 radical (unpaired) electrons. The van der Waals surface area contributed by atoms with Gasteiger partial charge >= 0.3 is 5.97 Å². The van der Waals surface area contributed by atoms with Gasteiger partial charge < -0.3 is 50.3 Å². The molecule has 7 rings (SSSR count). The van der Waals surface area contributed by atoms with Crippen molar-refractivity contribution in [2.75, 3.05) is 46.2 Å². The number of benzene rings is 1. The van der Waals surface area contributed by atoms with Crippen molar-refractivity contribution in [3.8, 4) is 22.9 Å². The van der Waals surface area contributed by atoms with Crippen LogP contribution in [0.1, 0.15) is 94.4 Å². The molecule has 3 atom stereocenters. The lowest BCUT2D eigenvalue weighted by Gasteiger charge is -2.31. The lowest BCUT2D eigenvalue weighted by atomic mass is 9.86. The molecule has 70 heavy (non-hydrogen) atoms. The molecule has 0 saturated carbocycles. The summed E-state index contributed by atoms with van der Waals surface area (Å²) in [4.78, 5) is 122. The van der Waals surface area contributed by atoms with Crippen LogP contribution in [0.25, 0.3) is 22.3 Å². The monoisotopic (exact) mass is 969 g/mol. The van der Waals surface area contributed by atoms with Gasteiger partial charge in [0.2, 0.25) is 24.5 Å². The minimum Gasteiger partial charge on any atom is -0.458 e. The van der Waals surface area contributed by atoms with Crippen LogP contribution in [0.5, 0.6) is 11.5 Å². The van der Waals surface area contributed by atoms with Crippen LogP contribution in [-0.4, -0.2) is 119 Å². The Morgan fingerprint density at radius 1 is 0.914 bits per heavy atom. The topological polar surface area (TPSA) is 294 Å². The molecule has 0 fully saturated rings. The number of Topliss-reactive ketones (excluding diaryl/α,β-unsaturated/α-hetero) is 2. The number of ketones is 2. The number of cyclic esters (lactones) is 1. The van der Waals surface area contributed by atoms with E-state index < -0.39 is 52.7 Å². The Labute approximate surface area is 402 Å². The Bertz CT molecular complexity index is 2680. The number of esters is 1. The Balaban J connectivity index is 0.945. The van der Waals surface area contributed by atoms with Crippen LogP contribution in [0.3, 0.4) is 0 Å². The van der Waals surface area contributed by atoms with Crippen molar-refractivity contribution in [2.45, 2.75) is 103 Å². The summed E-state index contributed by atoms with van der Waals surface area (Å²) in [7, 11) is 0. The fourth-order valence-electron chi connectivity index (χ4n) is 9.10. The van der Waals surface area contributed by atoms with Crippen molar-refractivity contribution in [3.05, 3.63) is 63.0 Å². The first-order valence-electron chi connectivity index (χ1n) is 23.7. The number of unbranched alkanes of at least 4 members (excludes halogenated alkanes) is 1. The molecular weight excluding hydrogens is 911 g/mol. The molecule has 0 spiro atoms. The van der Waals surface area contributed by atoms with Gasteiger partial charge in [-0.2, -0.15) is 0 Å². The van der Waals surface area contributed by atoms with E-state index in [-0.39, 0.29) is 126 Å². The number of nitrogens with one attached hydrogen (secondary N) is 3. The number of hydrogen-bond donors (Lipinski definition) is 5. The number of nitrogens with zero attached hydrogens (tertiary/aromatic N) is 3. The maximum Gasteiger partial charge on any atom is 0.343 e. The zero-order chi connectivity index (χ0) is 50.3. The second kappa shape index (κ2) is 22.3. The molecule has 4 aliphatic heterocycles. The van der Waals surface area contributed by atoms with Gasteiger partial charge in [-0.25, -0.2) is 9.78 Å². The van der Waals surface area contributed by atoms with Gasteiger partial charge in [0.25, 0.3) is 17.4 Å². The number of hydrogen-bond acceptors (Lipinski definition) is 16. The molecule has 3 aromatic rings. The van der Waals surface area contributed by atoms with E-state index in [9.17, 15) is 48.3 Å². The normalized spacial score (nSPS) is 17.3. The Hall–Kier alpha value is -6.84. The molecule has 0 unspecified atom stereocenters. The lowest BCUT2D eigenvalue weighted by Crippen LogP contribution is -2.46. The molecule has 1 aromatic carbocycles. The highest BCUT2D eigenvalue weighted by Crippen LogP contribution is 2.43. The van der Waals surface area contributed by atoms with E-state index >= 15 is 0 Å². The van der Waals surface area contributed by atoms with Crippen LogP contribution < -0.4 is 36.7 Å². The molecule has 5 amide bonds. The third kappa shape index (κ3) is 11.1. The molecule has 374 valence electrons. The number of fused-ring (bicyclic) bond motifs is 6. The van der Waals surface area contributed by atoms with Crippen molar-refractivity contribution in [3.63, 3.8) is 0 Å².